The smallest absolute Gasteiger partial charge is 0.326 e. The molecule has 0 saturated heterocycles. The van der Waals surface area contributed by atoms with Crippen molar-refractivity contribution in [1.29, 1.82) is 0 Å². The second-order valence-electron chi connectivity index (χ2n) is 4.08. The molecule has 21 heavy (non-hydrogen) atoms. The Morgan fingerprint density at radius 3 is 2.48 bits per heavy atom. The van der Waals surface area contributed by atoms with Crippen LogP contribution < -0.4 is 5.73 Å². The third-order valence-corrected chi connectivity index (χ3v) is 2.54. The molecule has 0 saturated carbocycles. The second kappa shape index (κ2) is 5.22. The predicted molar refractivity (Wildman–Crippen MR) is 58.5 cm³/mol. The van der Waals surface area contributed by atoms with Crippen LogP contribution >= 0.6 is 0 Å². The fraction of sp³-hybridized carbons (Fsp3) is 0.300. The van der Waals surface area contributed by atoms with E-state index in [0.29, 0.717) is 10.7 Å². The van der Waals surface area contributed by atoms with Crippen molar-refractivity contribution in [2.75, 3.05) is 5.73 Å². The Labute approximate surface area is 113 Å². The van der Waals surface area contributed by atoms with E-state index in [-0.39, 0.29) is 0 Å². The molecule has 0 aliphatic rings. The number of aromatic nitrogens is 4. The van der Waals surface area contributed by atoms with Crippen LogP contribution in [0.2, 0.25) is 0 Å². The summed E-state index contributed by atoms with van der Waals surface area (Å²) in [5.74, 6) is -7.21. The van der Waals surface area contributed by atoms with Gasteiger partial charge in [0.2, 0.25) is 0 Å². The van der Waals surface area contributed by atoms with E-state index in [1.165, 1.54) is 0 Å². The number of rotatable bonds is 4. The Hall–Kier alpha value is -2.33. The molecule has 2 aromatic rings. The summed E-state index contributed by atoms with van der Waals surface area (Å²) in [6.07, 6.45) is -3.95. The van der Waals surface area contributed by atoms with Crippen molar-refractivity contribution < 1.29 is 26.3 Å². The molecule has 0 spiro atoms. The number of hydrogen-bond donors (Lipinski definition) is 1. The summed E-state index contributed by atoms with van der Waals surface area (Å²) in [6.45, 7) is -1.57. The minimum Gasteiger partial charge on any atom is -0.396 e. The molecule has 0 aliphatic heterocycles. The highest BCUT2D eigenvalue weighted by Crippen LogP contribution is 2.29. The third kappa shape index (κ3) is 2.90. The molecule has 2 N–H and O–H groups in total. The van der Waals surface area contributed by atoms with Gasteiger partial charge >= 0.3 is 12.3 Å². The Morgan fingerprint density at radius 1 is 1.19 bits per heavy atom. The van der Waals surface area contributed by atoms with Gasteiger partial charge < -0.3 is 5.73 Å². The van der Waals surface area contributed by atoms with Crippen LogP contribution in [0.15, 0.2) is 12.1 Å². The summed E-state index contributed by atoms with van der Waals surface area (Å²) >= 11 is 0. The van der Waals surface area contributed by atoms with Crippen molar-refractivity contribution in [3.63, 3.8) is 0 Å². The number of halogens is 6. The maximum absolute atomic E-state index is 13.6. The summed E-state index contributed by atoms with van der Waals surface area (Å²) in [6, 6.07) is 1.20. The predicted octanol–water partition coefficient (Wildman–Crippen LogP) is 2.10. The zero-order valence-electron chi connectivity index (χ0n) is 10.1. The lowest BCUT2D eigenvalue weighted by Crippen LogP contribution is -2.33. The lowest BCUT2D eigenvalue weighted by atomic mass is 10.1. The van der Waals surface area contributed by atoms with E-state index in [0.717, 1.165) is 6.07 Å². The maximum atomic E-state index is 13.6. The summed E-state index contributed by atoms with van der Waals surface area (Å²) in [4.78, 5) is 0. The molecular formula is C10H7F6N5. The molecule has 11 heteroatoms. The largest absolute Gasteiger partial charge is 0.396 e. The van der Waals surface area contributed by atoms with Gasteiger partial charge in [0, 0.05) is 6.07 Å². The van der Waals surface area contributed by atoms with E-state index in [1.54, 1.807) is 0 Å². The number of hydrogen-bond acceptors (Lipinski definition) is 4. The zero-order valence-corrected chi connectivity index (χ0v) is 10.1. The number of anilines is 1. The molecule has 1 aromatic carbocycles. The molecule has 1 heterocycles. The topological polar surface area (TPSA) is 69.6 Å². The van der Waals surface area contributed by atoms with Crippen LogP contribution in [-0.2, 0) is 6.54 Å². The standard InChI is InChI=1S/C10H7F6N5/c11-5-2-6(12)7(17)1-4(5)8-18-19-20-21(8)3-10(15,16)9(13)14/h1-2,9H,3,17H2. The van der Waals surface area contributed by atoms with Crippen molar-refractivity contribution in [2.45, 2.75) is 18.9 Å². The number of alkyl halides is 4. The Kier molecular flexibility index (Phi) is 3.75. The normalized spacial score (nSPS) is 12.1. The van der Waals surface area contributed by atoms with E-state index in [1.807, 2.05) is 0 Å². The van der Waals surface area contributed by atoms with Gasteiger partial charge in [0.05, 0.1) is 11.3 Å². The molecule has 0 bridgehead atoms. The van der Waals surface area contributed by atoms with Crippen molar-refractivity contribution in [3.05, 3.63) is 23.8 Å². The van der Waals surface area contributed by atoms with Crippen LogP contribution in [0.1, 0.15) is 0 Å². The van der Waals surface area contributed by atoms with Gasteiger partial charge in [0.1, 0.15) is 18.2 Å². The molecule has 0 unspecified atom stereocenters. The average molecular weight is 311 g/mol. The highest BCUT2D eigenvalue weighted by atomic mass is 19.3. The summed E-state index contributed by atoms with van der Waals surface area (Å²) < 4.78 is 77.3. The summed E-state index contributed by atoms with van der Waals surface area (Å²) in [7, 11) is 0. The van der Waals surface area contributed by atoms with Gasteiger partial charge in [-0.3, -0.25) is 0 Å². The molecule has 0 amide bonds. The van der Waals surface area contributed by atoms with Crippen LogP contribution in [0, 0.1) is 11.6 Å². The van der Waals surface area contributed by atoms with Crippen molar-refractivity contribution in [1.82, 2.24) is 20.2 Å². The molecule has 0 atom stereocenters. The lowest BCUT2D eigenvalue weighted by Gasteiger charge is -2.15. The van der Waals surface area contributed by atoms with Crippen LogP contribution in [0.4, 0.5) is 32.0 Å². The van der Waals surface area contributed by atoms with Gasteiger partial charge in [0.15, 0.2) is 5.82 Å². The molecule has 0 aliphatic carbocycles. The van der Waals surface area contributed by atoms with Gasteiger partial charge in [0.25, 0.3) is 0 Å². The maximum Gasteiger partial charge on any atom is 0.326 e. The quantitative estimate of drug-likeness (QED) is 0.693. The van der Waals surface area contributed by atoms with Gasteiger partial charge in [-0.15, -0.1) is 5.10 Å². The monoisotopic (exact) mass is 311 g/mol. The number of nitrogen functional groups attached to an aromatic ring is 1. The molecule has 2 rings (SSSR count). The molecular weight excluding hydrogens is 304 g/mol. The highest BCUT2D eigenvalue weighted by molar-refractivity contribution is 5.62. The van der Waals surface area contributed by atoms with E-state index in [9.17, 15) is 26.3 Å². The minimum absolute atomic E-state index is 0.294. The average Bonchev–Trinajstić information content (AvgIpc) is 2.81. The Morgan fingerprint density at radius 2 is 1.86 bits per heavy atom. The number of nitrogens with zero attached hydrogens (tertiary/aromatic N) is 4. The fourth-order valence-electron chi connectivity index (χ4n) is 1.51. The van der Waals surface area contributed by atoms with Gasteiger partial charge in [-0.05, 0) is 16.5 Å². The number of nitrogens with two attached hydrogens (primary N) is 1. The first kappa shape index (κ1) is 15.1. The van der Waals surface area contributed by atoms with Crippen LogP contribution in [0.25, 0.3) is 11.4 Å². The van der Waals surface area contributed by atoms with E-state index in [2.05, 4.69) is 15.5 Å². The highest BCUT2D eigenvalue weighted by Gasteiger charge is 2.42. The summed E-state index contributed by atoms with van der Waals surface area (Å²) in [5, 5.41) is 9.38. The zero-order chi connectivity index (χ0) is 15.8. The fourth-order valence-corrected chi connectivity index (χ4v) is 1.51. The van der Waals surface area contributed by atoms with Gasteiger partial charge in [-0.25, -0.2) is 22.2 Å². The van der Waals surface area contributed by atoms with Crippen molar-refractivity contribution >= 4 is 5.69 Å². The van der Waals surface area contributed by atoms with Crippen LogP contribution in [0.3, 0.4) is 0 Å². The molecule has 5 nitrogen and oxygen atoms in total. The van der Waals surface area contributed by atoms with Gasteiger partial charge in [-0.2, -0.15) is 8.78 Å². The third-order valence-electron chi connectivity index (χ3n) is 2.54. The SMILES string of the molecule is Nc1cc(-c2nnnn2CC(F)(F)C(F)F)c(F)cc1F. The van der Waals surface area contributed by atoms with Crippen LogP contribution in [0.5, 0.6) is 0 Å². The Balaban J connectivity index is 2.44. The molecule has 114 valence electrons. The van der Waals surface area contributed by atoms with E-state index in [4.69, 9.17) is 5.73 Å². The first-order valence-electron chi connectivity index (χ1n) is 5.39. The minimum atomic E-state index is -4.41. The lowest BCUT2D eigenvalue weighted by molar-refractivity contribution is -0.139. The van der Waals surface area contributed by atoms with Crippen LogP contribution in [-0.4, -0.2) is 32.6 Å². The van der Waals surface area contributed by atoms with Gasteiger partial charge in [-0.1, -0.05) is 0 Å². The van der Waals surface area contributed by atoms with Crippen molar-refractivity contribution in [3.8, 4) is 11.4 Å². The first-order valence-corrected chi connectivity index (χ1v) is 5.39. The molecule has 0 fully saturated rings. The molecule has 0 radical (unpaired) electrons. The first-order chi connectivity index (χ1) is 9.72. The van der Waals surface area contributed by atoms with Crippen molar-refractivity contribution in [2.24, 2.45) is 0 Å². The number of tetrazole rings is 1. The molecule has 1 aromatic heterocycles. The van der Waals surface area contributed by atoms with E-state index < -0.39 is 47.6 Å². The Bertz CT molecular complexity index is 655. The van der Waals surface area contributed by atoms with E-state index >= 15 is 0 Å². The number of benzene rings is 1. The second-order valence-corrected chi connectivity index (χ2v) is 4.08. The summed E-state index contributed by atoms with van der Waals surface area (Å²) in [5.41, 5.74) is 4.28.